The average molecular weight is 239 g/mol. The summed E-state index contributed by atoms with van der Waals surface area (Å²) in [4.78, 5) is 6.67. The van der Waals surface area contributed by atoms with Crippen molar-refractivity contribution in [3.63, 3.8) is 0 Å². The number of alkyl halides is 1. The van der Waals surface area contributed by atoms with Crippen LogP contribution in [-0.2, 0) is 0 Å². The van der Waals surface area contributed by atoms with Gasteiger partial charge in [-0.1, -0.05) is 34.1 Å². The molecular formula is C10H11BrN2. The lowest BCUT2D eigenvalue weighted by Crippen LogP contribution is -2.36. The number of benzene rings is 1. The highest BCUT2D eigenvalue weighted by atomic mass is 79.9. The van der Waals surface area contributed by atoms with Gasteiger partial charge in [0.25, 0.3) is 0 Å². The summed E-state index contributed by atoms with van der Waals surface area (Å²) >= 11 is 3.42. The maximum absolute atomic E-state index is 4.47. The molecule has 1 aliphatic rings. The van der Waals surface area contributed by atoms with E-state index in [2.05, 4.69) is 44.2 Å². The molecular weight excluding hydrogens is 228 g/mol. The highest BCUT2D eigenvalue weighted by Crippen LogP contribution is 1.94. The van der Waals surface area contributed by atoms with Crippen molar-refractivity contribution in [2.24, 2.45) is 4.99 Å². The molecule has 0 unspecified atom stereocenters. The first kappa shape index (κ1) is 8.75. The van der Waals surface area contributed by atoms with Crippen LogP contribution in [0.2, 0.25) is 0 Å². The number of fused-ring (bicyclic) bond motifs is 1. The van der Waals surface area contributed by atoms with E-state index in [9.17, 15) is 0 Å². The Bertz CT molecular complexity index is 400. The van der Waals surface area contributed by atoms with Gasteiger partial charge in [0.1, 0.15) is 6.67 Å². The highest BCUT2D eigenvalue weighted by Gasteiger charge is 2.00. The topological polar surface area (TPSA) is 15.6 Å². The van der Waals surface area contributed by atoms with Crippen LogP contribution < -0.4 is 10.6 Å². The van der Waals surface area contributed by atoms with E-state index < -0.39 is 0 Å². The van der Waals surface area contributed by atoms with Crippen LogP contribution in [0, 0.1) is 0 Å². The molecule has 0 amide bonds. The molecule has 68 valence electrons. The molecule has 1 aliphatic heterocycles. The predicted octanol–water partition coefficient (Wildman–Crippen LogP) is 0.712. The quantitative estimate of drug-likeness (QED) is 0.694. The van der Waals surface area contributed by atoms with E-state index in [1.54, 1.807) is 0 Å². The molecule has 0 aromatic heterocycles. The van der Waals surface area contributed by atoms with Crippen LogP contribution in [0.1, 0.15) is 0 Å². The van der Waals surface area contributed by atoms with Crippen molar-refractivity contribution in [1.82, 2.24) is 4.90 Å². The molecule has 0 radical (unpaired) electrons. The van der Waals surface area contributed by atoms with Gasteiger partial charge in [0.05, 0.1) is 5.36 Å². The number of nitrogens with zero attached hydrogens (tertiary/aromatic N) is 2. The van der Waals surface area contributed by atoms with Gasteiger partial charge in [0.2, 0.25) is 0 Å². The minimum atomic E-state index is 0.780. The molecule has 0 spiro atoms. The maximum Gasteiger partial charge on any atom is 0.110 e. The largest absolute Gasteiger partial charge is 0.357 e. The summed E-state index contributed by atoms with van der Waals surface area (Å²) in [6.45, 7) is 1.79. The average Bonchev–Trinajstić information content (AvgIpc) is 2.18. The molecule has 13 heavy (non-hydrogen) atoms. The van der Waals surface area contributed by atoms with Gasteiger partial charge in [-0.05, 0) is 6.07 Å². The van der Waals surface area contributed by atoms with Crippen molar-refractivity contribution < 1.29 is 0 Å². The Balaban J connectivity index is 2.38. The number of rotatable bonds is 2. The molecule has 0 saturated heterocycles. The highest BCUT2D eigenvalue weighted by molar-refractivity contribution is 9.09. The fraction of sp³-hybridized carbons (Fsp3) is 0.300. The summed E-state index contributed by atoms with van der Waals surface area (Å²) < 4.78 is 0. The van der Waals surface area contributed by atoms with Crippen molar-refractivity contribution >= 4 is 22.1 Å². The van der Waals surface area contributed by atoms with Crippen molar-refractivity contribution in [3.8, 4) is 0 Å². The molecule has 0 fully saturated rings. The summed E-state index contributed by atoms with van der Waals surface area (Å²) in [5.41, 5.74) is 0. The Morgan fingerprint density at radius 1 is 1.38 bits per heavy atom. The Morgan fingerprint density at radius 2 is 2.23 bits per heavy atom. The van der Waals surface area contributed by atoms with Crippen molar-refractivity contribution in [2.75, 3.05) is 18.5 Å². The zero-order valence-electron chi connectivity index (χ0n) is 7.28. The molecule has 1 aromatic carbocycles. The van der Waals surface area contributed by atoms with Crippen molar-refractivity contribution in [2.45, 2.75) is 0 Å². The number of halogens is 1. The fourth-order valence-corrected chi connectivity index (χ4v) is 1.84. The summed E-state index contributed by atoms with van der Waals surface area (Å²) in [6.07, 6.45) is 2.17. The van der Waals surface area contributed by atoms with Crippen LogP contribution in [-0.4, -0.2) is 23.4 Å². The van der Waals surface area contributed by atoms with Gasteiger partial charge in [-0.15, -0.1) is 0 Å². The summed E-state index contributed by atoms with van der Waals surface area (Å²) in [6, 6.07) is 8.22. The molecule has 1 aromatic rings. The molecule has 2 rings (SSSR count). The normalized spacial score (nSPS) is 14.4. The molecule has 1 heterocycles. The van der Waals surface area contributed by atoms with Crippen LogP contribution in [0.5, 0.6) is 0 Å². The van der Waals surface area contributed by atoms with E-state index in [1.807, 2.05) is 12.1 Å². The third-order valence-corrected chi connectivity index (χ3v) is 2.41. The second kappa shape index (κ2) is 3.92. The van der Waals surface area contributed by atoms with E-state index in [1.165, 1.54) is 5.22 Å². The molecule has 3 heteroatoms. The van der Waals surface area contributed by atoms with Gasteiger partial charge in [0.15, 0.2) is 0 Å². The molecule has 0 aliphatic carbocycles. The molecule has 0 bridgehead atoms. The molecule has 0 saturated carbocycles. The lowest BCUT2D eigenvalue weighted by Gasteiger charge is -2.18. The first-order chi connectivity index (χ1) is 6.40. The van der Waals surface area contributed by atoms with Crippen LogP contribution >= 0.6 is 15.9 Å². The smallest absolute Gasteiger partial charge is 0.110 e. The molecule has 2 nitrogen and oxygen atoms in total. The predicted molar refractivity (Wildman–Crippen MR) is 57.1 cm³/mol. The zero-order chi connectivity index (χ0) is 9.10. The summed E-state index contributed by atoms with van der Waals surface area (Å²) in [5.74, 6) is 0. The maximum atomic E-state index is 4.47. The summed E-state index contributed by atoms with van der Waals surface area (Å²) in [7, 11) is 0. The lowest BCUT2D eigenvalue weighted by atomic mass is 10.3. The first-order valence-electron chi connectivity index (χ1n) is 4.31. The van der Waals surface area contributed by atoms with Gasteiger partial charge in [-0.25, -0.2) is 0 Å². The van der Waals surface area contributed by atoms with Crippen LogP contribution in [0.15, 0.2) is 29.3 Å². The van der Waals surface area contributed by atoms with Crippen molar-refractivity contribution in [1.29, 1.82) is 0 Å². The van der Waals surface area contributed by atoms with Gasteiger partial charge < -0.3 is 4.90 Å². The van der Waals surface area contributed by atoms with Gasteiger partial charge in [0, 0.05) is 23.3 Å². The van der Waals surface area contributed by atoms with E-state index in [-0.39, 0.29) is 0 Å². The van der Waals surface area contributed by atoms with E-state index in [4.69, 9.17) is 0 Å². The Kier molecular flexibility index (Phi) is 2.64. The Labute approximate surface area is 85.7 Å². The van der Waals surface area contributed by atoms with E-state index >= 15 is 0 Å². The van der Waals surface area contributed by atoms with Crippen LogP contribution in [0.4, 0.5) is 0 Å². The second-order valence-electron chi connectivity index (χ2n) is 2.99. The number of hydrogen-bond acceptors (Lipinski definition) is 2. The number of hydrogen-bond donors (Lipinski definition) is 0. The van der Waals surface area contributed by atoms with Crippen molar-refractivity contribution in [3.05, 3.63) is 34.8 Å². The molecule has 0 N–H and O–H groups in total. The van der Waals surface area contributed by atoms with Gasteiger partial charge in [-0.3, -0.25) is 4.99 Å². The Hall–Kier alpha value is -0.830. The second-order valence-corrected chi connectivity index (χ2v) is 3.78. The fourth-order valence-electron chi connectivity index (χ4n) is 1.39. The minimum absolute atomic E-state index is 0.780. The minimum Gasteiger partial charge on any atom is -0.357 e. The SMILES string of the molecule is BrCCN1C=c2ccccc2=NC1. The van der Waals surface area contributed by atoms with Gasteiger partial charge in [-0.2, -0.15) is 0 Å². The monoisotopic (exact) mass is 238 g/mol. The van der Waals surface area contributed by atoms with Gasteiger partial charge >= 0.3 is 0 Å². The summed E-state index contributed by atoms with van der Waals surface area (Å²) in [5, 5.41) is 3.31. The van der Waals surface area contributed by atoms with Crippen LogP contribution in [0.3, 0.4) is 0 Å². The zero-order valence-corrected chi connectivity index (χ0v) is 8.87. The third kappa shape index (κ3) is 1.91. The van der Waals surface area contributed by atoms with Crippen LogP contribution in [0.25, 0.3) is 6.20 Å². The Morgan fingerprint density at radius 3 is 3.08 bits per heavy atom. The standard InChI is InChI=1S/C10H11BrN2/c11-5-6-13-7-9-3-1-2-4-10(9)12-8-13/h1-4,7H,5-6,8H2. The molecule has 0 atom stereocenters. The first-order valence-corrected chi connectivity index (χ1v) is 5.44. The lowest BCUT2D eigenvalue weighted by molar-refractivity contribution is 0.440. The van der Waals surface area contributed by atoms with E-state index in [0.29, 0.717) is 0 Å². The van der Waals surface area contributed by atoms with E-state index in [0.717, 1.165) is 23.9 Å². The number of para-hydroxylation sites is 1. The third-order valence-electron chi connectivity index (χ3n) is 2.05.